The molecule has 7 heteroatoms. The summed E-state index contributed by atoms with van der Waals surface area (Å²) in [5, 5.41) is 0. The molecular formula is C21H20FN5O. The van der Waals surface area contributed by atoms with Crippen molar-refractivity contribution in [3.05, 3.63) is 65.6 Å². The number of pyridine rings is 1. The maximum absolute atomic E-state index is 13.4. The van der Waals surface area contributed by atoms with Crippen LogP contribution in [0.3, 0.4) is 0 Å². The van der Waals surface area contributed by atoms with Crippen LogP contribution in [-0.2, 0) is 0 Å². The maximum Gasteiger partial charge on any atom is 0.274 e. The Labute approximate surface area is 161 Å². The second-order valence-corrected chi connectivity index (χ2v) is 7.32. The number of hydrogen-bond acceptors (Lipinski definition) is 3. The molecule has 1 N–H and O–H groups in total. The fraction of sp³-hybridized carbons (Fsp3) is 0.286. The molecule has 0 aliphatic carbocycles. The smallest absolute Gasteiger partial charge is 0.274 e. The van der Waals surface area contributed by atoms with Gasteiger partial charge in [0, 0.05) is 25.2 Å². The lowest BCUT2D eigenvalue weighted by Gasteiger charge is -2.30. The van der Waals surface area contributed by atoms with E-state index in [1.165, 1.54) is 12.1 Å². The highest BCUT2D eigenvalue weighted by Gasteiger charge is 2.28. The number of nitrogens with zero attached hydrogens (tertiary/aromatic N) is 4. The number of H-pyrrole nitrogens is 1. The van der Waals surface area contributed by atoms with Gasteiger partial charge in [0.15, 0.2) is 0 Å². The Morgan fingerprint density at radius 3 is 2.79 bits per heavy atom. The quantitative estimate of drug-likeness (QED) is 0.580. The first-order valence-corrected chi connectivity index (χ1v) is 9.48. The monoisotopic (exact) mass is 377 g/mol. The minimum Gasteiger partial charge on any atom is -0.342 e. The van der Waals surface area contributed by atoms with Gasteiger partial charge in [-0.05, 0) is 50.1 Å². The average Bonchev–Trinajstić information content (AvgIpc) is 3.29. The number of hydrogen-bond donors (Lipinski definition) is 1. The van der Waals surface area contributed by atoms with Crippen LogP contribution in [-0.4, -0.2) is 43.2 Å². The number of likely N-dealkylation sites (tertiary alicyclic amines) is 1. The van der Waals surface area contributed by atoms with Crippen LogP contribution in [0.4, 0.5) is 4.39 Å². The standard InChI is InChI=1S/C21H20FN5O/c1-13-19(25-18-4-2-3-9-27(13)18)21(28)26-10-7-14(8-11-26)20-23-16-6-5-15(22)12-17(16)24-20/h2-6,9,12,14H,7-8,10-11H2,1H3,(H,23,24). The number of fused-ring (bicyclic) bond motifs is 2. The first-order valence-electron chi connectivity index (χ1n) is 9.48. The molecule has 0 saturated carbocycles. The Balaban J connectivity index is 1.33. The molecule has 142 valence electrons. The van der Waals surface area contributed by atoms with Crippen molar-refractivity contribution in [2.75, 3.05) is 13.1 Å². The number of amides is 1. The van der Waals surface area contributed by atoms with E-state index in [0.717, 1.165) is 35.5 Å². The number of aryl methyl sites for hydroxylation is 1. The molecule has 0 bridgehead atoms. The van der Waals surface area contributed by atoms with Gasteiger partial charge in [0.25, 0.3) is 5.91 Å². The van der Waals surface area contributed by atoms with E-state index in [0.29, 0.717) is 24.3 Å². The number of aromatic nitrogens is 4. The molecule has 28 heavy (non-hydrogen) atoms. The molecule has 1 amide bonds. The summed E-state index contributed by atoms with van der Waals surface area (Å²) in [5.41, 5.74) is 3.66. The second kappa shape index (κ2) is 6.44. The van der Waals surface area contributed by atoms with Gasteiger partial charge in [0.05, 0.1) is 16.7 Å². The maximum atomic E-state index is 13.4. The zero-order valence-corrected chi connectivity index (χ0v) is 15.5. The fourth-order valence-electron chi connectivity index (χ4n) is 4.02. The molecule has 1 fully saturated rings. The Kier molecular flexibility index (Phi) is 3.89. The van der Waals surface area contributed by atoms with E-state index in [1.807, 2.05) is 40.6 Å². The Bertz CT molecular complexity index is 1190. The van der Waals surface area contributed by atoms with Gasteiger partial charge in [-0.2, -0.15) is 0 Å². The summed E-state index contributed by atoms with van der Waals surface area (Å²) >= 11 is 0. The van der Waals surface area contributed by atoms with Crippen LogP contribution >= 0.6 is 0 Å². The molecule has 3 aromatic heterocycles. The van der Waals surface area contributed by atoms with Crippen molar-refractivity contribution < 1.29 is 9.18 Å². The SMILES string of the molecule is Cc1c(C(=O)N2CCC(c3nc4ccc(F)cc4[nH]3)CC2)nc2ccccn12. The largest absolute Gasteiger partial charge is 0.342 e. The van der Waals surface area contributed by atoms with E-state index >= 15 is 0 Å². The van der Waals surface area contributed by atoms with E-state index in [4.69, 9.17) is 0 Å². The first-order chi connectivity index (χ1) is 13.6. The van der Waals surface area contributed by atoms with Gasteiger partial charge >= 0.3 is 0 Å². The van der Waals surface area contributed by atoms with Crippen molar-refractivity contribution in [2.24, 2.45) is 0 Å². The molecule has 6 nitrogen and oxygen atoms in total. The third-order valence-electron chi connectivity index (χ3n) is 5.60. The normalized spacial score (nSPS) is 15.6. The number of nitrogens with one attached hydrogen (secondary N) is 1. The van der Waals surface area contributed by atoms with Gasteiger partial charge in [0.1, 0.15) is 23.0 Å². The molecule has 0 atom stereocenters. The summed E-state index contributed by atoms with van der Waals surface area (Å²) in [6, 6.07) is 10.3. The summed E-state index contributed by atoms with van der Waals surface area (Å²) in [7, 11) is 0. The summed E-state index contributed by atoms with van der Waals surface area (Å²) in [6.45, 7) is 3.23. The van der Waals surface area contributed by atoms with E-state index in [1.54, 1.807) is 6.07 Å². The Hall–Kier alpha value is -3.22. The summed E-state index contributed by atoms with van der Waals surface area (Å²) in [6.07, 6.45) is 3.56. The molecular weight excluding hydrogens is 357 g/mol. The molecule has 4 aromatic rings. The van der Waals surface area contributed by atoms with E-state index in [2.05, 4.69) is 15.0 Å². The van der Waals surface area contributed by atoms with Gasteiger partial charge < -0.3 is 14.3 Å². The first kappa shape index (κ1) is 16.9. The average molecular weight is 377 g/mol. The minimum absolute atomic E-state index is 0.0219. The van der Waals surface area contributed by atoms with Gasteiger partial charge in [0.2, 0.25) is 0 Å². The molecule has 1 aliphatic heterocycles. The van der Waals surface area contributed by atoms with Crippen LogP contribution < -0.4 is 0 Å². The molecule has 0 radical (unpaired) electrons. The third kappa shape index (κ3) is 2.74. The lowest BCUT2D eigenvalue weighted by Crippen LogP contribution is -2.38. The fourth-order valence-corrected chi connectivity index (χ4v) is 4.02. The van der Waals surface area contributed by atoms with Gasteiger partial charge in [-0.1, -0.05) is 6.07 Å². The summed E-state index contributed by atoms with van der Waals surface area (Å²) in [5.74, 6) is 0.815. The molecule has 5 rings (SSSR count). The minimum atomic E-state index is -0.272. The third-order valence-corrected chi connectivity index (χ3v) is 5.60. The van der Waals surface area contributed by atoms with Crippen LogP contribution in [0.2, 0.25) is 0 Å². The Morgan fingerprint density at radius 1 is 1.18 bits per heavy atom. The highest BCUT2D eigenvalue weighted by molar-refractivity contribution is 5.94. The number of carbonyl (C=O) groups excluding carboxylic acids is 1. The van der Waals surface area contributed by atoms with Crippen molar-refractivity contribution in [3.8, 4) is 0 Å². The number of halogens is 1. The van der Waals surface area contributed by atoms with Gasteiger partial charge in [-0.25, -0.2) is 14.4 Å². The highest BCUT2D eigenvalue weighted by atomic mass is 19.1. The van der Waals surface area contributed by atoms with Crippen molar-refractivity contribution in [1.29, 1.82) is 0 Å². The number of rotatable bonds is 2. The number of aromatic amines is 1. The number of benzene rings is 1. The number of imidazole rings is 2. The van der Waals surface area contributed by atoms with Crippen LogP contribution in [0.25, 0.3) is 16.7 Å². The predicted octanol–water partition coefficient (Wildman–Crippen LogP) is 3.68. The molecule has 0 unspecified atom stereocenters. The number of carbonyl (C=O) groups is 1. The van der Waals surface area contributed by atoms with E-state index < -0.39 is 0 Å². The predicted molar refractivity (Wildman–Crippen MR) is 104 cm³/mol. The lowest BCUT2D eigenvalue weighted by atomic mass is 9.96. The van der Waals surface area contributed by atoms with Crippen LogP contribution in [0.5, 0.6) is 0 Å². The van der Waals surface area contributed by atoms with Crippen LogP contribution in [0, 0.1) is 12.7 Å². The molecule has 0 spiro atoms. The summed E-state index contributed by atoms with van der Waals surface area (Å²) in [4.78, 5) is 27.2. The Morgan fingerprint density at radius 2 is 2.00 bits per heavy atom. The molecule has 4 heterocycles. The highest BCUT2D eigenvalue weighted by Crippen LogP contribution is 2.29. The number of piperidine rings is 1. The molecule has 1 saturated heterocycles. The van der Waals surface area contributed by atoms with Crippen molar-refractivity contribution in [1.82, 2.24) is 24.3 Å². The van der Waals surface area contributed by atoms with E-state index in [9.17, 15) is 9.18 Å². The zero-order chi connectivity index (χ0) is 19.3. The lowest BCUT2D eigenvalue weighted by molar-refractivity contribution is 0.0705. The molecule has 1 aromatic carbocycles. The topological polar surface area (TPSA) is 66.3 Å². The molecule has 1 aliphatic rings. The van der Waals surface area contributed by atoms with Crippen LogP contribution in [0.1, 0.15) is 40.8 Å². The second-order valence-electron chi connectivity index (χ2n) is 7.32. The van der Waals surface area contributed by atoms with Gasteiger partial charge in [-0.15, -0.1) is 0 Å². The summed E-state index contributed by atoms with van der Waals surface area (Å²) < 4.78 is 15.3. The zero-order valence-electron chi connectivity index (χ0n) is 15.5. The van der Waals surface area contributed by atoms with Crippen molar-refractivity contribution in [3.63, 3.8) is 0 Å². The van der Waals surface area contributed by atoms with Crippen molar-refractivity contribution in [2.45, 2.75) is 25.7 Å². The van der Waals surface area contributed by atoms with Crippen molar-refractivity contribution >= 4 is 22.6 Å². The van der Waals surface area contributed by atoms with Gasteiger partial charge in [-0.3, -0.25) is 4.79 Å². The van der Waals surface area contributed by atoms with Crippen LogP contribution in [0.15, 0.2) is 42.6 Å². The van der Waals surface area contributed by atoms with E-state index in [-0.39, 0.29) is 17.6 Å².